The van der Waals surface area contributed by atoms with Gasteiger partial charge in [-0.1, -0.05) is 17.7 Å². The Morgan fingerprint density at radius 2 is 2.18 bits per heavy atom. The number of aromatic nitrogens is 2. The molecule has 0 aliphatic heterocycles. The molecule has 1 unspecified atom stereocenters. The van der Waals surface area contributed by atoms with Crippen molar-refractivity contribution >= 4 is 28.3 Å². The van der Waals surface area contributed by atoms with Crippen molar-refractivity contribution < 1.29 is 9.00 Å². The zero-order chi connectivity index (χ0) is 16.1. The van der Waals surface area contributed by atoms with Gasteiger partial charge in [-0.15, -0.1) is 0 Å². The number of carbonyl (C=O) groups is 1. The monoisotopic (exact) mass is 339 g/mol. The predicted molar refractivity (Wildman–Crippen MR) is 89.2 cm³/mol. The first kappa shape index (κ1) is 16.7. The van der Waals surface area contributed by atoms with E-state index in [0.29, 0.717) is 29.4 Å². The van der Waals surface area contributed by atoms with E-state index in [9.17, 15) is 9.00 Å². The number of hydrogen-bond donors (Lipinski definition) is 1. The molecule has 5 nitrogen and oxygen atoms in total. The summed E-state index contributed by atoms with van der Waals surface area (Å²) in [5.74, 6) is 0.349. The van der Waals surface area contributed by atoms with Crippen LogP contribution in [0.3, 0.4) is 0 Å². The minimum atomic E-state index is -0.835. The topological polar surface area (TPSA) is 64.0 Å². The number of nitrogens with zero attached hydrogens (tertiary/aromatic N) is 2. The molecular weight excluding hydrogens is 322 g/mol. The molecule has 0 saturated carbocycles. The molecule has 1 heterocycles. The van der Waals surface area contributed by atoms with Gasteiger partial charge in [0.15, 0.2) is 5.69 Å². The normalized spacial score (nSPS) is 12.1. The third kappa shape index (κ3) is 4.42. The molecule has 7 heteroatoms. The van der Waals surface area contributed by atoms with Gasteiger partial charge in [-0.2, -0.15) is 5.10 Å². The summed E-state index contributed by atoms with van der Waals surface area (Å²) in [7, 11) is -0.835. The fourth-order valence-corrected chi connectivity index (χ4v) is 2.76. The molecule has 2 aromatic rings. The number of nitrogens with one attached hydrogen (secondary N) is 1. The minimum absolute atomic E-state index is 0.231. The third-order valence-electron chi connectivity index (χ3n) is 3.07. The Bertz CT molecular complexity index is 700. The van der Waals surface area contributed by atoms with Gasteiger partial charge in [0.2, 0.25) is 0 Å². The largest absolute Gasteiger partial charge is 0.351 e. The molecule has 118 valence electrons. The van der Waals surface area contributed by atoms with E-state index >= 15 is 0 Å². The number of amides is 1. The summed E-state index contributed by atoms with van der Waals surface area (Å²) < 4.78 is 12.6. The fourth-order valence-electron chi connectivity index (χ4n) is 2.02. The van der Waals surface area contributed by atoms with Crippen LogP contribution in [0.2, 0.25) is 5.02 Å². The third-order valence-corrected chi connectivity index (χ3v) is 4.17. The first-order valence-corrected chi connectivity index (χ1v) is 8.98. The van der Waals surface area contributed by atoms with E-state index in [1.807, 2.05) is 19.1 Å². The van der Waals surface area contributed by atoms with Crippen LogP contribution >= 0.6 is 11.6 Å². The van der Waals surface area contributed by atoms with Crippen molar-refractivity contribution in [2.45, 2.75) is 13.3 Å². The SMILES string of the molecule is Cc1cc(C(=O)NCCCS(C)=O)nn1-c1cccc(Cl)c1. The van der Waals surface area contributed by atoms with Gasteiger partial charge in [-0.25, -0.2) is 4.68 Å². The summed E-state index contributed by atoms with van der Waals surface area (Å²) in [4.78, 5) is 12.1. The van der Waals surface area contributed by atoms with Gasteiger partial charge >= 0.3 is 0 Å². The molecule has 1 atom stereocenters. The van der Waals surface area contributed by atoms with Crippen molar-refractivity contribution in [1.29, 1.82) is 0 Å². The Morgan fingerprint density at radius 1 is 1.41 bits per heavy atom. The highest BCUT2D eigenvalue weighted by Crippen LogP contribution is 2.16. The molecule has 1 aromatic heterocycles. The highest BCUT2D eigenvalue weighted by atomic mass is 35.5. The number of carbonyl (C=O) groups excluding carboxylic acids is 1. The van der Waals surface area contributed by atoms with Gasteiger partial charge in [0, 0.05) is 40.1 Å². The second-order valence-electron chi connectivity index (χ2n) is 4.95. The van der Waals surface area contributed by atoms with Crippen molar-refractivity contribution in [2.24, 2.45) is 0 Å². The van der Waals surface area contributed by atoms with Crippen LogP contribution in [0.25, 0.3) is 5.69 Å². The van der Waals surface area contributed by atoms with Crippen LogP contribution < -0.4 is 5.32 Å². The van der Waals surface area contributed by atoms with Gasteiger partial charge in [-0.3, -0.25) is 9.00 Å². The Labute approximate surface area is 137 Å². The Hall–Kier alpha value is -1.66. The molecule has 1 N–H and O–H groups in total. The number of benzene rings is 1. The lowest BCUT2D eigenvalue weighted by Gasteiger charge is -2.04. The van der Waals surface area contributed by atoms with Crippen LogP contribution in [-0.2, 0) is 10.8 Å². The summed E-state index contributed by atoms with van der Waals surface area (Å²) in [5, 5.41) is 7.72. The molecule has 0 fully saturated rings. The van der Waals surface area contributed by atoms with Crippen LogP contribution in [0.15, 0.2) is 30.3 Å². The lowest BCUT2D eigenvalue weighted by Crippen LogP contribution is -2.25. The Morgan fingerprint density at radius 3 is 2.86 bits per heavy atom. The maximum absolute atomic E-state index is 12.1. The highest BCUT2D eigenvalue weighted by Gasteiger charge is 2.13. The van der Waals surface area contributed by atoms with Crippen LogP contribution in [0.4, 0.5) is 0 Å². The van der Waals surface area contributed by atoms with Gasteiger partial charge in [0.25, 0.3) is 5.91 Å². The van der Waals surface area contributed by atoms with Crippen molar-refractivity contribution in [3.05, 3.63) is 46.7 Å². The molecule has 0 aliphatic rings. The van der Waals surface area contributed by atoms with E-state index in [2.05, 4.69) is 10.4 Å². The smallest absolute Gasteiger partial charge is 0.271 e. The molecule has 0 radical (unpaired) electrons. The summed E-state index contributed by atoms with van der Waals surface area (Å²) >= 11 is 5.98. The standard InChI is InChI=1S/C15H18ClN3O2S/c1-11-9-14(15(20)17-7-4-8-22(2)21)18-19(11)13-6-3-5-12(16)10-13/h3,5-6,9-10H,4,7-8H2,1-2H3,(H,17,20). The van der Waals surface area contributed by atoms with E-state index in [4.69, 9.17) is 11.6 Å². The second-order valence-corrected chi connectivity index (χ2v) is 6.94. The molecule has 0 aliphatic carbocycles. The van der Waals surface area contributed by atoms with Crippen LogP contribution in [0.1, 0.15) is 22.6 Å². The first-order chi connectivity index (χ1) is 10.5. The Balaban J connectivity index is 2.06. The Kier molecular flexibility index (Phi) is 5.74. The van der Waals surface area contributed by atoms with Crippen LogP contribution in [-0.4, -0.2) is 38.4 Å². The molecule has 0 saturated heterocycles. The van der Waals surface area contributed by atoms with E-state index in [1.54, 1.807) is 29.1 Å². The van der Waals surface area contributed by atoms with Gasteiger partial charge in [0.1, 0.15) is 0 Å². The predicted octanol–water partition coefficient (Wildman–Crippen LogP) is 2.33. The van der Waals surface area contributed by atoms with Gasteiger partial charge in [0.05, 0.1) is 5.69 Å². The minimum Gasteiger partial charge on any atom is -0.351 e. The van der Waals surface area contributed by atoms with Gasteiger partial charge in [-0.05, 0) is 37.6 Å². The van der Waals surface area contributed by atoms with Gasteiger partial charge < -0.3 is 5.32 Å². The summed E-state index contributed by atoms with van der Waals surface area (Å²) in [6.07, 6.45) is 2.33. The molecule has 1 aromatic carbocycles. The summed E-state index contributed by atoms with van der Waals surface area (Å²) in [6.45, 7) is 2.37. The molecular formula is C15H18ClN3O2S. The van der Waals surface area contributed by atoms with E-state index in [0.717, 1.165) is 11.4 Å². The maximum Gasteiger partial charge on any atom is 0.271 e. The quantitative estimate of drug-likeness (QED) is 0.821. The summed E-state index contributed by atoms with van der Waals surface area (Å²) in [6, 6.07) is 9.02. The van der Waals surface area contributed by atoms with Crippen LogP contribution in [0, 0.1) is 6.92 Å². The highest BCUT2D eigenvalue weighted by molar-refractivity contribution is 7.84. The lowest BCUT2D eigenvalue weighted by molar-refractivity contribution is 0.0948. The molecule has 22 heavy (non-hydrogen) atoms. The fraction of sp³-hybridized carbons (Fsp3) is 0.333. The van der Waals surface area contributed by atoms with Crippen molar-refractivity contribution in [3.63, 3.8) is 0 Å². The van der Waals surface area contributed by atoms with E-state index in [-0.39, 0.29) is 5.91 Å². The second kappa shape index (κ2) is 7.56. The number of rotatable bonds is 6. The lowest BCUT2D eigenvalue weighted by atomic mass is 10.3. The zero-order valence-corrected chi connectivity index (χ0v) is 14.1. The van der Waals surface area contributed by atoms with E-state index < -0.39 is 10.8 Å². The van der Waals surface area contributed by atoms with Crippen molar-refractivity contribution in [3.8, 4) is 5.69 Å². The number of halogens is 1. The summed E-state index contributed by atoms with van der Waals surface area (Å²) in [5.41, 5.74) is 2.02. The average Bonchev–Trinajstić information content (AvgIpc) is 2.85. The zero-order valence-electron chi connectivity index (χ0n) is 12.5. The average molecular weight is 340 g/mol. The van der Waals surface area contributed by atoms with Crippen molar-refractivity contribution in [1.82, 2.24) is 15.1 Å². The van der Waals surface area contributed by atoms with E-state index in [1.165, 1.54) is 0 Å². The first-order valence-electron chi connectivity index (χ1n) is 6.88. The molecule has 0 spiro atoms. The molecule has 2 rings (SSSR count). The molecule has 0 bridgehead atoms. The van der Waals surface area contributed by atoms with Crippen LogP contribution in [0.5, 0.6) is 0 Å². The molecule has 1 amide bonds. The van der Waals surface area contributed by atoms with Crippen molar-refractivity contribution in [2.75, 3.05) is 18.6 Å². The maximum atomic E-state index is 12.1. The number of hydrogen-bond acceptors (Lipinski definition) is 3. The number of aryl methyl sites for hydroxylation is 1.